The van der Waals surface area contributed by atoms with Gasteiger partial charge in [0.15, 0.2) is 11.0 Å². The van der Waals surface area contributed by atoms with Gasteiger partial charge in [-0.3, -0.25) is 0 Å². The van der Waals surface area contributed by atoms with Crippen LogP contribution < -0.4 is 0 Å². The summed E-state index contributed by atoms with van der Waals surface area (Å²) in [5.74, 6) is -2.10. The van der Waals surface area contributed by atoms with E-state index >= 15 is 0 Å². The van der Waals surface area contributed by atoms with E-state index < -0.39 is 34.6 Å². The lowest BCUT2D eigenvalue weighted by Crippen LogP contribution is -2.11. The first-order valence-corrected chi connectivity index (χ1v) is 4.66. The van der Waals surface area contributed by atoms with Crippen LogP contribution in [0.25, 0.3) is 0 Å². The Balaban J connectivity index is 3.24. The molecule has 0 aromatic carbocycles. The van der Waals surface area contributed by atoms with Crippen LogP contribution in [0.15, 0.2) is 6.07 Å². The predicted molar refractivity (Wildman–Crippen MR) is 50.1 cm³/mol. The zero-order chi connectivity index (χ0) is 12.3. The van der Waals surface area contributed by atoms with Crippen molar-refractivity contribution in [2.24, 2.45) is 0 Å². The molecule has 0 amide bonds. The van der Waals surface area contributed by atoms with Gasteiger partial charge in [-0.05, 0) is 13.0 Å². The van der Waals surface area contributed by atoms with Crippen LogP contribution in [0.2, 0.25) is 5.15 Å². The van der Waals surface area contributed by atoms with Crippen molar-refractivity contribution in [1.82, 2.24) is 4.98 Å². The lowest BCUT2D eigenvalue weighted by atomic mass is 10.2. The molecule has 0 saturated heterocycles. The lowest BCUT2D eigenvalue weighted by molar-refractivity contribution is 0.0512. The van der Waals surface area contributed by atoms with Crippen LogP contribution in [0.3, 0.4) is 0 Å². The number of alkyl halides is 2. The SMILES string of the molecule is CCOC(=O)c1cc(F)c(Cl)nc1C(F)F. The molecule has 88 valence electrons. The van der Waals surface area contributed by atoms with Crippen LogP contribution in [0.1, 0.15) is 29.4 Å². The number of hydrogen-bond donors (Lipinski definition) is 0. The number of carbonyl (C=O) groups excluding carboxylic acids is 1. The van der Waals surface area contributed by atoms with Crippen LogP contribution >= 0.6 is 11.6 Å². The molecule has 0 aliphatic carbocycles. The van der Waals surface area contributed by atoms with Crippen LogP contribution in [0, 0.1) is 5.82 Å². The van der Waals surface area contributed by atoms with Gasteiger partial charge in [-0.25, -0.2) is 22.9 Å². The van der Waals surface area contributed by atoms with Crippen molar-refractivity contribution < 1.29 is 22.7 Å². The van der Waals surface area contributed by atoms with Crippen molar-refractivity contribution in [3.8, 4) is 0 Å². The number of ether oxygens (including phenoxy) is 1. The Kier molecular flexibility index (Phi) is 4.12. The molecular weight excluding hydrogens is 247 g/mol. The number of pyridine rings is 1. The predicted octanol–water partition coefficient (Wildman–Crippen LogP) is 2.99. The number of aromatic nitrogens is 1. The van der Waals surface area contributed by atoms with Crippen molar-refractivity contribution in [3.05, 3.63) is 28.3 Å². The highest BCUT2D eigenvalue weighted by Gasteiger charge is 2.23. The second kappa shape index (κ2) is 5.16. The number of rotatable bonds is 3. The van der Waals surface area contributed by atoms with E-state index in [1.54, 1.807) is 0 Å². The molecule has 0 fully saturated rings. The largest absolute Gasteiger partial charge is 0.462 e. The second-order valence-corrected chi connectivity index (χ2v) is 3.07. The first-order valence-electron chi connectivity index (χ1n) is 4.28. The monoisotopic (exact) mass is 253 g/mol. The third kappa shape index (κ3) is 2.63. The van der Waals surface area contributed by atoms with Gasteiger partial charge >= 0.3 is 5.97 Å². The minimum Gasteiger partial charge on any atom is -0.462 e. The molecule has 1 aromatic rings. The standard InChI is InChI=1S/C9H7ClF3NO2/c1-2-16-9(15)4-3-5(11)7(10)14-6(4)8(12)13/h3,8H,2H2,1H3. The van der Waals surface area contributed by atoms with Crippen molar-refractivity contribution in [1.29, 1.82) is 0 Å². The fourth-order valence-corrected chi connectivity index (χ4v) is 1.16. The Morgan fingerprint density at radius 3 is 2.75 bits per heavy atom. The Morgan fingerprint density at radius 1 is 1.62 bits per heavy atom. The molecule has 0 N–H and O–H groups in total. The van der Waals surface area contributed by atoms with Crippen molar-refractivity contribution >= 4 is 17.6 Å². The van der Waals surface area contributed by atoms with E-state index in [0.717, 1.165) is 0 Å². The van der Waals surface area contributed by atoms with E-state index in [-0.39, 0.29) is 6.61 Å². The molecule has 1 aromatic heterocycles. The van der Waals surface area contributed by atoms with Gasteiger partial charge in [0.05, 0.1) is 12.2 Å². The summed E-state index contributed by atoms with van der Waals surface area (Å²) in [6, 6.07) is 0.592. The van der Waals surface area contributed by atoms with Gasteiger partial charge in [0, 0.05) is 0 Å². The van der Waals surface area contributed by atoms with Gasteiger partial charge in [-0.2, -0.15) is 0 Å². The summed E-state index contributed by atoms with van der Waals surface area (Å²) in [7, 11) is 0. The molecule has 16 heavy (non-hydrogen) atoms. The first-order chi connectivity index (χ1) is 7.47. The average Bonchev–Trinajstić information content (AvgIpc) is 2.21. The second-order valence-electron chi connectivity index (χ2n) is 2.71. The third-order valence-corrected chi connectivity index (χ3v) is 1.93. The zero-order valence-corrected chi connectivity index (χ0v) is 8.89. The molecule has 1 heterocycles. The minimum absolute atomic E-state index is 0.00818. The first kappa shape index (κ1) is 12.8. The molecule has 1 rings (SSSR count). The molecule has 0 radical (unpaired) electrons. The highest BCUT2D eigenvalue weighted by atomic mass is 35.5. The maximum absolute atomic E-state index is 13.0. The van der Waals surface area contributed by atoms with E-state index in [0.29, 0.717) is 6.07 Å². The molecule has 0 aliphatic rings. The molecule has 0 spiro atoms. The molecule has 3 nitrogen and oxygen atoms in total. The maximum Gasteiger partial charge on any atom is 0.340 e. The summed E-state index contributed by atoms with van der Waals surface area (Å²) >= 11 is 5.24. The highest BCUT2D eigenvalue weighted by Crippen LogP contribution is 2.25. The summed E-state index contributed by atoms with van der Waals surface area (Å²) < 4.78 is 42.4. The Morgan fingerprint density at radius 2 is 2.25 bits per heavy atom. The summed E-state index contributed by atoms with van der Waals surface area (Å²) in [4.78, 5) is 14.3. The van der Waals surface area contributed by atoms with E-state index in [4.69, 9.17) is 11.6 Å². The van der Waals surface area contributed by atoms with E-state index in [1.807, 2.05) is 0 Å². The summed E-state index contributed by atoms with van der Waals surface area (Å²) in [5, 5.41) is -0.705. The van der Waals surface area contributed by atoms with E-state index in [2.05, 4.69) is 9.72 Å². The lowest BCUT2D eigenvalue weighted by Gasteiger charge is -2.08. The Hall–Kier alpha value is -1.30. The summed E-state index contributed by atoms with van der Waals surface area (Å²) in [6.45, 7) is 1.49. The minimum atomic E-state index is -3.03. The quantitative estimate of drug-likeness (QED) is 0.614. The summed E-state index contributed by atoms with van der Waals surface area (Å²) in [5.41, 5.74) is -1.50. The Bertz CT molecular complexity index is 412. The molecule has 0 unspecified atom stereocenters. The molecule has 0 saturated carbocycles. The van der Waals surface area contributed by atoms with Crippen LogP contribution in [0.5, 0.6) is 0 Å². The molecular formula is C9H7ClF3NO2. The Labute approximate surface area is 94.2 Å². The third-order valence-electron chi connectivity index (χ3n) is 1.66. The molecule has 7 heteroatoms. The number of carbonyl (C=O) groups is 1. The zero-order valence-electron chi connectivity index (χ0n) is 8.14. The van der Waals surface area contributed by atoms with Crippen molar-refractivity contribution in [2.75, 3.05) is 6.61 Å². The number of esters is 1. The topological polar surface area (TPSA) is 39.2 Å². The van der Waals surface area contributed by atoms with E-state index in [9.17, 15) is 18.0 Å². The van der Waals surface area contributed by atoms with Crippen LogP contribution in [0.4, 0.5) is 13.2 Å². The fourth-order valence-electron chi connectivity index (χ4n) is 1.02. The maximum atomic E-state index is 13.0. The van der Waals surface area contributed by atoms with Gasteiger partial charge in [-0.1, -0.05) is 11.6 Å². The smallest absolute Gasteiger partial charge is 0.340 e. The van der Waals surface area contributed by atoms with E-state index in [1.165, 1.54) is 6.92 Å². The van der Waals surface area contributed by atoms with Gasteiger partial charge in [0.1, 0.15) is 5.69 Å². The van der Waals surface area contributed by atoms with Gasteiger partial charge in [-0.15, -0.1) is 0 Å². The van der Waals surface area contributed by atoms with Gasteiger partial charge < -0.3 is 4.74 Å². The molecule has 0 bridgehead atoms. The number of nitrogens with zero attached hydrogens (tertiary/aromatic N) is 1. The van der Waals surface area contributed by atoms with Gasteiger partial charge in [0.2, 0.25) is 0 Å². The number of halogens is 4. The average molecular weight is 254 g/mol. The molecule has 0 aliphatic heterocycles. The summed E-state index contributed by atoms with van der Waals surface area (Å²) in [6.07, 6.45) is -3.03. The van der Waals surface area contributed by atoms with Crippen LogP contribution in [-0.4, -0.2) is 17.6 Å². The highest BCUT2D eigenvalue weighted by molar-refractivity contribution is 6.29. The van der Waals surface area contributed by atoms with Crippen LogP contribution in [-0.2, 0) is 4.74 Å². The van der Waals surface area contributed by atoms with Crippen molar-refractivity contribution in [3.63, 3.8) is 0 Å². The van der Waals surface area contributed by atoms with Crippen molar-refractivity contribution in [2.45, 2.75) is 13.3 Å². The van der Waals surface area contributed by atoms with Gasteiger partial charge in [0.25, 0.3) is 6.43 Å². The molecule has 0 atom stereocenters. The fraction of sp³-hybridized carbons (Fsp3) is 0.333. The number of hydrogen-bond acceptors (Lipinski definition) is 3. The normalized spacial score (nSPS) is 10.6.